The Morgan fingerprint density at radius 2 is 2.28 bits per heavy atom. The Labute approximate surface area is 106 Å². The molecule has 0 aliphatic carbocycles. The third-order valence-corrected chi connectivity index (χ3v) is 3.36. The SMILES string of the molecule is CCN1CCN(C(=O)c2ccc(=O)[nH]n2)CC1C. The van der Waals surface area contributed by atoms with Gasteiger partial charge in [0.15, 0.2) is 0 Å². The van der Waals surface area contributed by atoms with E-state index in [4.69, 9.17) is 0 Å². The summed E-state index contributed by atoms with van der Waals surface area (Å²) in [5.41, 5.74) is 0.00229. The fourth-order valence-electron chi connectivity index (χ4n) is 2.28. The molecule has 1 fully saturated rings. The third kappa shape index (κ3) is 2.59. The molecule has 0 saturated carbocycles. The van der Waals surface area contributed by atoms with Crippen molar-refractivity contribution >= 4 is 5.91 Å². The predicted octanol–water partition coefficient (Wildman–Crippen LogP) is -0.0639. The first kappa shape index (κ1) is 12.8. The molecule has 1 amide bonds. The van der Waals surface area contributed by atoms with E-state index in [1.165, 1.54) is 12.1 Å². The van der Waals surface area contributed by atoms with Crippen molar-refractivity contribution in [3.05, 3.63) is 28.2 Å². The quantitative estimate of drug-likeness (QED) is 0.798. The summed E-state index contributed by atoms with van der Waals surface area (Å²) in [6.07, 6.45) is 0. The largest absolute Gasteiger partial charge is 0.334 e. The molecule has 0 bridgehead atoms. The van der Waals surface area contributed by atoms with Gasteiger partial charge in [-0.15, -0.1) is 0 Å². The Hall–Kier alpha value is -1.69. The van der Waals surface area contributed by atoms with Gasteiger partial charge in [-0.1, -0.05) is 6.92 Å². The van der Waals surface area contributed by atoms with Gasteiger partial charge in [-0.05, 0) is 19.5 Å². The van der Waals surface area contributed by atoms with Gasteiger partial charge >= 0.3 is 0 Å². The van der Waals surface area contributed by atoms with Crippen molar-refractivity contribution in [3.8, 4) is 0 Å². The fourth-order valence-corrected chi connectivity index (χ4v) is 2.28. The number of H-pyrrole nitrogens is 1. The van der Waals surface area contributed by atoms with Gasteiger partial charge in [-0.3, -0.25) is 14.5 Å². The Kier molecular flexibility index (Phi) is 3.76. The fraction of sp³-hybridized carbons (Fsp3) is 0.583. The number of nitrogens with zero attached hydrogens (tertiary/aromatic N) is 3. The van der Waals surface area contributed by atoms with Gasteiger partial charge < -0.3 is 4.90 Å². The molecule has 2 rings (SSSR count). The summed E-state index contributed by atoms with van der Waals surface area (Å²) in [4.78, 5) is 27.2. The van der Waals surface area contributed by atoms with Crippen LogP contribution in [-0.4, -0.2) is 58.1 Å². The molecule has 1 aromatic rings. The first-order valence-electron chi connectivity index (χ1n) is 6.21. The molecule has 6 nitrogen and oxygen atoms in total. The molecule has 1 atom stereocenters. The Morgan fingerprint density at radius 1 is 1.50 bits per heavy atom. The van der Waals surface area contributed by atoms with Crippen molar-refractivity contribution in [1.29, 1.82) is 0 Å². The molecular formula is C12H18N4O2. The Bertz CT molecular complexity index is 465. The maximum Gasteiger partial charge on any atom is 0.274 e. The molecule has 1 N–H and O–H groups in total. The molecular weight excluding hydrogens is 232 g/mol. The highest BCUT2D eigenvalue weighted by Crippen LogP contribution is 2.11. The Balaban J connectivity index is 2.06. The van der Waals surface area contributed by atoms with Gasteiger partial charge in [-0.2, -0.15) is 5.10 Å². The van der Waals surface area contributed by atoms with E-state index in [0.717, 1.165) is 13.1 Å². The van der Waals surface area contributed by atoms with E-state index in [-0.39, 0.29) is 11.5 Å². The maximum absolute atomic E-state index is 12.2. The van der Waals surface area contributed by atoms with E-state index in [2.05, 4.69) is 28.9 Å². The van der Waals surface area contributed by atoms with Crippen LogP contribution in [0.15, 0.2) is 16.9 Å². The van der Waals surface area contributed by atoms with E-state index >= 15 is 0 Å². The van der Waals surface area contributed by atoms with E-state index in [0.29, 0.717) is 24.8 Å². The zero-order valence-corrected chi connectivity index (χ0v) is 10.7. The minimum atomic E-state index is -0.296. The second-order valence-electron chi connectivity index (χ2n) is 4.54. The molecule has 1 aromatic heterocycles. The van der Waals surface area contributed by atoms with E-state index in [1.54, 1.807) is 4.90 Å². The summed E-state index contributed by atoms with van der Waals surface area (Å²) in [5, 5.41) is 6.06. The molecule has 98 valence electrons. The number of carbonyl (C=O) groups excluding carboxylic acids is 1. The van der Waals surface area contributed by atoms with Crippen molar-refractivity contribution in [2.75, 3.05) is 26.2 Å². The summed E-state index contributed by atoms with van der Waals surface area (Å²) in [6.45, 7) is 7.53. The van der Waals surface area contributed by atoms with Crippen molar-refractivity contribution in [3.63, 3.8) is 0 Å². The van der Waals surface area contributed by atoms with Gasteiger partial charge in [0.05, 0.1) is 0 Å². The molecule has 1 saturated heterocycles. The summed E-state index contributed by atoms with van der Waals surface area (Å²) < 4.78 is 0. The van der Waals surface area contributed by atoms with Crippen LogP contribution in [0, 0.1) is 0 Å². The van der Waals surface area contributed by atoms with E-state index in [9.17, 15) is 9.59 Å². The van der Waals surface area contributed by atoms with Crippen LogP contribution in [0.2, 0.25) is 0 Å². The average molecular weight is 250 g/mol. The lowest BCUT2D eigenvalue weighted by molar-refractivity contribution is 0.0522. The number of hydrogen-bond acceptors (Lipinski definition) is 4. The number of rotatable bonds is 2. The molecule has 0 spiro atoms. The Morgan fingerprint density at radius 3 is 2.83 bits per heavy atom. The van der Waals surface area contributed by atoms with Crippen LogP contribution in [-0.2, 0) is 0 Å². The third-order valence-electron chi connectivity index (χ3n) is 3.36. The van der Waals surface area contributed by atoms with Crippen LogP contribution >= 0.6 is 0 Å². The van der Waals surface area contributed by atoms with Gasteiger partial charge in [-0.25, -0.2) is 5.10 Å². The lowest BCUT2D eigenvalue weighted by Gasteiger charge is -2.39. The topological polar surface area (TPSA) is 69.3 Å². The van der Waals surface area contributed by atoms with E-state index in [1.807, 2.05) is 0 Å². The van der Waals surface area contributed by atoms with Crippen molar-refractivity contribution in [1.82, 2.24) is 20.0 Å². The van der Waals surface area contributed by atoms with Crippen LogP contribution < -0.4 is 5.56 Å². The number of aromatic amines is 1. The standard InChI is InChI=1S/C12H18N4O2/c1-3-15-6-7-16(8-9(15)2)12(18)10-4-5-11(17)14-13-10/h4-5,9H,3,6-8H2,1-2H3,(H,14,17). The zero-order chi connectivity index (χ0) is 13.1. The molecule has 2 heterocycles. The number of piperazine rings is 1. The highest BCUT2D eigenvalue weighted by atomic mass is 16.2. The van der Waals surface area contributed by atoms with Crippen LogP contribution in [0.3, 0.4) is 0 Å². The van der Waals surface area contributed by atoms with E-state index < -0.39 is 0 Å². The van der Waals surface area contributed by atoms with Gasteiger partial charge in [0.25, 0.3) is 11.5 Å². The summed E-state index contributed by atoms with van der Waals surface area (Å²) in [6, 6.07) is 3.15. The number of likely N-dealkylation sites (N-methyl/N-ethyl adjacent to an activating group) is 1. The second kappa shape index (κ2) is 5.30. The van der Waals surface area contributed by atoms with Gasteiger partial charge in [0.1, 0.15) is 5.69 Å². The zero-order valence-electron chi connectivity index (χ0n) is 10.7. The summed E-state index contributed by atoms with van der Waals surface area (Å²) in [5.74, 6) is -0.117. The molecule has 1 unspecified atom stereocenters. The second-order valence-corrected chi connectivity index (χ2v) is 4.54. The van der Waals surface area contributed by atoms with Crippen LogP contribution in [0.5, 0.6) is 0 Å². The van der Waals surface area contributed by atoms with Crippen LogP contribution in [0.1, 0.15) is 24.3 Å². The van der Waals surface area contributed by atoms with Crippen molar-refractivity contribution in [2.45, 2.75) is 19.9 Å². The predicted molar refractivity (Wildman–Crippen MR) is 67.5 cm³/mol. The van der Waals surface area contributed by atoms with Gasteiger partial charge in [0.2, 0.25) is 0 Å². The number of nitrogens with one attached hydrogen (secondary N) is 1. The molecule has 0 aromatic carbocycles. The first-order valence-corrected chi connectivity index (χ1v) is 6.21. The summed E-state index contributed by atoms with van der Waals surface area (Å²) in [7, 11) is 0. The number of aromatic nitrogens is 2. The van der Waals surface area contributed by atoms with Crippen molar-refractivity contribution in [2.24, 2.45) is 0 Å². The van der Waals surface area contributed by atoms with Crippen LogP contribution in [0.4, 0.5) is 0 Å². The van der Waals surface area contributed by atoms with Crippen LogP contribution in [0.25, 0.3) is 0 Å². The highest BCUT2D eigenvalue weighted by molar-refractivity contribution is 5.92. The monoisotopic (exact) mass is 250 g/mol. The smallest absolute Gasteiger partial charge is 0.274 e. The number of amides is 1. The molecule has 6 heteroatoms. The lowest BCUT2D eigenvalue weighted by atomic mass is 10.2. The average Bonchev–Trinajstić information content (AvgIpc) is 2.38. The molecule has 18 heavy (non-hydrogen) atoms. The molecule has 1 aliphatic heterocycles. The maximum atomic E-state index is 12.2. The number of carbonyl (C=O) groups is 1. The first-order chi connectivity index (χ1) is 8.61. The molecule has 0 radical (unpaired) electrons. The minimum Gasteiger partial charge on any atom is -0.334 e. The minimum absolute atomic E-state index is 0.117. The normalized spacial score (nSPS) is 21.0. The summed E-state index contributed by atoms with van der Waals surface area (Å²) >= 11 is 0. The molecule has 1 aliphatic rings. The van der Waals surface area contributed by atoms with Gasteiger partial charge in [0, 0.05) is 31.7 Å². The number of hydrogen-bond donors (Lipinski definition) is 1. The lowest BCUT2D eigenvalue weighted by Crippen LogP contribution is -2.53. The van der Waals surface area contributed by atoms with Crippen molar-refractivity contribution < 1.29 is 4.79 Å². The highest BCUT2D eigenvalue weighted by Gasteiger charge is 2.26.